The summed E-state index contributed by atoms with van der Waals surface area (Å²) in [7, 11) is 0. The van der Waals surface area contributed by atoms with Crippen LogP contribution in [0.2, 0.25) is 0 Å². The lowest BCUT2D eigenvalue weighted by Gasteiger charge is -2.09. The fraction of sp³-hybridized carbons (Fsp3) is 0.222. The predicted octanol–water partition coefficient (Wildman–Crippen LogP) is 3.35. The fourth-order valence-corrected chi connectivity index (χ4v) is 3.24. The fourth-order valence-electron chi connectivity index (χ4n) is 2.34. The number of pyridine rings is 1. The van der Waals surface area contributed by atoms with Gasteiger partial charge in [-0.2, -0.15) is 0 Å². The maximum Gasteiger partial charge on any atom is 0.226 e. The summed E-state index contributed by atoms with van der Waals surface area (Å²) in [6.07, 6.45) is 2.83. The molecule has 6 nitrogen and oxygen atoms in total. The standard InChI is InChI=1S/C18H19N5OS/c1-2-16-21-22-18(23(16)14-8-4-3-5-9-14)25-13-11-17(24)20-15-10-6-7-12-19-15/h3-10,12H,2,11,13H2,1H3,(H,19,20,24). The van der Waals surface area contributed by atoms with Crippen molar-refractivity contribution in [3.63, 3.8) is 0 Å². The van der Waals surface area contributed by atoms with E-state index in [1.165, 1.54) is 11.8 Å². The molecule has 0 radical (unpaired) electrons. The number of anilines is 1. The van der Waals surface area contributed by atoms with Gasteiger partial charge in [0.25, 0.3) is 0 Å². The normalized spacial score (nSPS) is 10.6. The van der Waals surface area contributed by atoms with E-state index in [4.69, 9.17) is 0 Å². The maximum atomic E-state index is 12.0. The average molecular weight is 353 g/mol. The summed E-state index contributed by atoms with van der Waals surface area (Å²) in [6.45, 7) is 2.05. The highest BCUT2D eigenvalue weighted by Crippen LogP contribution is 2.23. The van der Waals surface area contributed by atoms with Crippen LogP contribution in [0, 0.1) is 0 Å². The van der Waals surface area contributed by atoms with Crippen molar-refractivity contribution in [3.8, 4) is 5.69 Å². The summed E-state index contributed by atoms with van der Waals surface area (Å²) in [4.78, 5) is 16.1. The second-order valence-corrected chi connectivity index (χ2v) is 6.35. The molecule has 0 saturated carbocycles. The number of hydrogen-bond donors (Lipinski definition) is 1. The van der Waals surface area contributed by atoms with Crippen LogP contribution in [-0.4, -0.2) is 31.4 Å². The molecule has 0 bridgehead atoms. The Balaban J connectivity index is 1.62. The minimum atomic E-state index is -0.0623. The number of carbonyl (C=O) groups is 1. The molecule has 0 unspecified atom stereocenters. The largest absolute Gasteiger partial charge is 0.311 e. The number of hydrogen-bond acceptors (Lipinski definition) is 5. The Hall–Kier alpha value is -2.67. The first-order valence-corrected chi connectivity index (χ1v) is 9.10. The molecule has 3 aromatic rings. The monoisotopic (exact) mass is 353 g/mol. The van der Waals surface area contributed by atoms with Gasteiger partial charge in [-0.05, 0) is 24.3 Å². The molecule has 128 valence electrons. The van der Waals surface area contributed by atoms with Crippen molar-refractivity contribution in [2.45, 2.75) is 24.9 Å². The van der Waals surface area contributed by atoms with Gasteiger partial charge in [0.1, 0.15) is 11.6 Å². The molecule has 1 aromatic carbocycles. The number of thioether (sulfide) groups is 1. The molecule has 0 atom stereocenters. The summed E-state index contributed by atoms with van der Waals surface area (Å²) in [5.74, 6) is 2.03. The third-order valence-corrected chi connectivity index (χ3v) is 4.45. The van der Waals surface area contributed by atoms with Crippen molar-refractivity contribution in [1.82, 2.24) is 19.7 Å². The molecule has 1 amide bonds. The second-order valence-electron chi connectivity index (χ2n) is 5.28. The Kier molecular flexibility index (Phi) is 5.79. The lowest BCUT2D eigenvalue weighted by molar-refractivity contribution is -0.115. The highest BCUT2D eigenvalue weighted by molar-refractivity contribution is 7.99. The number of amides is 1. The summed E-state index contributed by atoms with van der Waals surface area (Å²) >= 11 is 1.53. The van der Waals surface area contributed by atoms with Gasteiger partial charge >= 0.3 is 0 Å². The van der Waals surface area contributed by atoms with Crippen LogP contribution in [0.25, 0.3) is 5.69 Å². The molecule has 1 N–H and O–H groups in total. The zero-order chi connectivity index (χ0) is 17.5. The molecule has 7 heteroatoms. The van der Waals surface area contributed by atoms with Crippen molar-refractivity contribution in [3.05, 3.63) is 60.6 Å². The number of benzene rings is 1. The van der Waals surface area contributed by atoms with Crippen LogP contribution in [0.3, 0.4) is 0 Å². The highest BCUT2D eigenvalue weighted by Gasteiger charge is 2.13. The van der Waals surface area contributed by atoms with Crippen molar-refractivity contribution < 1.29 is 4.79 Å². The van der Waals surface area contributed by atoms with Crippen molar-refractivity contribution in [1.29, 1.82) is 0 Å². The minimum absolute atomic E-state index is 0.0623. The zero-order valence-corrected chi connectivity index (χ0v) is 14.7. The number of rotatable bonds is 7. The number of para-hydroxylation sites is 1. The zero-order valence-electron chi connectivity index (χ0n) is 13.9. The summed E-state index contributed by atoms with van der Waals surface area (Å²) in [5, 5.41) is 12.1. The second kappa shape index (κ2) is 8.43. The number of carbonyl (C=O) groups excluding carboxylic acids is 1. The average Bonchev–Trinajstić information content (AvgIpc) is 3.06. The summed E-state index contributed by atoms with van der Waals surface area (Å²) in [6, 6.07) is 15.4. The third kappa shape index (κ3) is 4.45. The van der Waals surface area contributed by atoms with E-state index >= 15 is 0 Å². The highest BCUT2D eigenvalue weighted by atomic mass is 32.2. The van der Waals surface area contributed by atoms with Crippen LogP contribution >= 0.6 is 11.8 Å². The third-order valence-electron chi connectivity index (χ3n) is 3.52. The van der Waals surface area contributed by atoms with E-state index in [0.717, 1.165) is 23.1 Å². The van der Waals surface area contributed by atoms with E-state index in [0.29, 0.717) is 18.0 Å². The number of aryl methyl sites for hydroxylation is 1. The Bertz CT molecular complexity index is 820. The minimum Gasteiger partial charge on any atom is -0.311 e. The van der Waals surface area contributed by atoms with Gasteiger partial charge in [-0.25, -0.2) is 4.98 Å². The lowest BCUT2D eigenvalue weighted by Crippen LogP contribution is -2.13. The topological polar surface area (TPSA) is 72.7 Å². The van der Waals surface area contributed by atoms with E-state index in [2.05, 4.69) is 27.4 Å². The molecule has 2 aromatic heterocycles. The number of aromatic nitrogens is 4. The van der Waals surface area contributed by atoms with Gasteiger partial charge in [0, 0.05) is 30.5 Å². The first-order valence-electron chi connectivity index (χ1n) is 8.11. The lowest BCUT2D eigenvalue weighted by atomic mass is 10.3. The SMILES string of the molecule is CCc1nnc(SCCC(=O)Nc2ccccn2)n1-c1ccccc1. The van der Waals surface area contributed by atoms with Crippen LogP contribution in [0.5, 0.6) is 0 Å². The van der Waals surface area contributed by atoms with Gasteiger partial charge in [-0.1, -0.05) is 43.0 Å². The molecule has 0 aliphatic carbocycles. The van der Waals surface area contributed by atoms with E-state index in [1.807, 2.05) is 47.0 Å². The Labute approximate surface area is 150 Å². The van der Waals surface area contributed by atoms with Crippen LogP contribution in [-0.2, 0) is 11.2 Å². The number of nitrogens with one attached hydrogen (secondary N) is 1. The molecule has 25 heavy (non-hydrogen) atoms. The van der Waals surface area contributed by atoms with Crippen molar-refractivity contribution in [2.75, 3.05) is 11.1 Å². The van der Waals surface area contributed by atoms with Gasteiger partial charge in [0.2, 0.25) is 5.91 Å². The van der Waals surface area contributed by atoms with E-state index in [1.54, 1.807) is 12.3 Å². The molecule has 2 heterocycles. The molecule has 0 spiro atoms. The Morgan fingerprint density at radius 1 is 1.12 bits per heavy atom. The smallest absolute Gasteiger partial charge is 0.226 e. The molecular weight excluding hydrogens is 334 g/mol. The van der Waals surface area contributed by atoms with E-state index < -0.39 is 0 Å². The number of nitrogens with zero attached hydrogens (tertiary/aromatic N) is 4. The maximum absolute atomic E-state index is 12.0. The molecule has 0 fully saturated rings. The van der Waals surface area contributed by atoms with Gasteiger partial charge in [0.05, 0.1) is 0 Å². The molecule has 3 rings (SSSR count). The van der Waals surface area contributed by atoms with Crippen LogP contribution in [0.1, 0.15) is 19.2 Å². The Morgan fingerprint density at radius 3 is 2.64 bits per heavy atom. The van der Waals surface area contributed by atoms with Gasteiger partial charge in [-0.15, -0.1) is 10.2 Å². The van der Waals surface area contributed by atoms with Gasteiger partial charge < -0.3 is 5.32 Å². The van der Waals surface area contributed by atoms with E-state index in [-0.39, 0.29) is 5.91 Å². The Morgan fingerprint density at radius 2 is 1.92 bits per heavy atom. The van der Waals surface area contributed by atoms with E-state index in [9.17, 15) is 4.79 Å². The first-order chi connectivity index (χ1) is 12.3. The van der Waals surface area contributed by atoms with Crippen molar-refractivity contribution >= 4 is 23.5 Å². The molecule has 0 aliphatic heterocycles. The van der Waals surface area contributed by atoms with Crippen LogP contribution in [0.4, 0.5) is 5.82 Å². The van der Waals surface area contributed by atoms with Crippen molar-refractivity contribution in [2.24, 2.45) is 0 Å². The quantitative estimate of drug-likeness (QED) is 0.660. The summed E-state index contributed by atoms with van der Waals surface area (Å²) in [5.41, 5.74) is 1.03. The summed E-state index contributed by atoms with van der Waals surface area (Å²) < 4.78 is 2.04. The molecular formula is C18H19N5OS. The first kappa shape index (κ1) is 17.2. The van der Waals surface area contributed by atoms with Crippen LogP contribution < -0.4 is 5.32 Å². The van der Waals surface area contributed by atoms with Crippen LogP contribution in [0.15, 0.2) is 59.9 Å². The molecule has 0 aliphatic rings. The molecule has 0 saturated heterocycles. The van der Waals surface area contributed by atoms with Gasteiger partial charge in [0.15, 0.2) is 5.16 Å². The predicted molar refractivity (Wildman–Crippen MR) is 98.9 cm³/mol. The van der Waals surface area contributed by atoms with Gasteiger partial charge in [-0.3, -0.25) is 9.36 Å².